The van der Waals surface area contributed by atoms with Gasteiger partial charge in [-0.1, -0.05) is 74.0 Å². The van der Waals surface area contributed by atoms with Crippen LogP contribution >= 0.6 is 0 Å². The summed E-state index contributed by atoms with van der Waals surface area (Å²) in [6.45, 7) is 2.42. The summed E-state index contributed by atoms with van der Waals surface area (Å²) in [5, 5.41) is 9.47. The molecule has 0 radical (unpaired) electrons. The van der Waals surface area contributed by atoms with Gasteiger partial charge >= 0.3 is 0 Å². The summed E-state index contributed by atoms with van der Waals surface area (Å²) in [5.41, 5.74) is 2.67. The smallest absolute Gasteiger partial charge is 0.0459 e. The molecule has 19 heavy (non-hydrogen) atoms. The number of benzene rings is 2. The van der Waals surface area contributed by atoms with Crippen LogP contribution in [0.1, 0.15) is 36.8 Å². The van der Waals surface area contributed by atoms with Gasteiger partial charge in [-0.05, 0) is 23.5 Å². The number of hydrogen-bond donors (Lipinski definition) is 1. The van der Waals surface area contributed by atoms with Crippen molar-refractivity contribution in [3.8, 4) is 0 Å². The first kappa shape index (κ1) is 13.8. The van der Waals surface area contributed by atoms with Gasteiger partial charge in [0.2, 0.25) is 0 Å². The van der Waals surface area contributed by atoms with E-state index >= 15 is 0 Å². The van der Waals surface area contributed by atoms with Crippen molar-refractivity contribution < 1.29 is 5.11 Å². The molecule has 0 amide bonds. The first-order valence-corrected chi connectivity index (χ1v) is 7.06. The van der Waals surface area contributed by atoms with E-state index in [9.17, 15) is 5.11 Å². The minimum absolute atomic E-state index is 0.271. The molecule has 2 aromatic rings. The lowest BCUT2D eigenvalue weighted by molar-refractivity contribution is 0.211. The average Bonchev–Trinajstić information content (AvgIpc) is 2.50. The van der Waals surface area contributed by atoms with Gasteiger partial charge in [0.05, 0.1) is 0 Å². The second-order valence-electron chi connectivity index (χ2n) is 5.07. The minimum Gasteiger partial charge on any atom is -0.396 e. The highest BCUT2D eigenvalue weighted by Gasteiger charge is 2.18. The van der Waals surface area contributed by atoms with E-state index in [1.54, 1.807) is 0 Å². The summed E-state index contributed by atoms with van der Waals surface area (Å²) in [6, 6.07) is 21.2. The molecule has 0 heterocycles. The molecule has 1 nitrogen and oxygen atoms in total. The molecule has 0 aromatic heterocycles. The van der Waals surface area contributed by atoms with E-state index in [0.717, 1.165) is 12.8 Å². The zero-order chi connectivity index (χ0) is 13.5. The Balaban J connectivity index is 2.29. The molecule has 1 atom stereocenters. The van der Waals surface area contributed by atoms with Gasteiger partial charge in [-0.3, -0.25) is 0 Å². The van der Waals surface area contributed by atoms with E-state index in [-0.39, 0.29) is 6.61 Å². The fourth-order valence-electron chi connectivity index (χ4n) is 2.54. The topological polar surface area (TPSA) is 20.2 Å². The van der Waals surface area contributed by atoms with Crippen LogP contribution in [0, 0.1) is 5.92 Å². The molecule has 0 aliphatic heterocycles. The fourth-order valence-corrected chi connectivity index (χ4v) is 2.54. The Labute approximate surface area is 115 Å². The molecule has 0 saturated carbocycles. The Morgan fingerprint density at radius 3 is 1.68 bits per heavy atom. The molecular weight excluding hydrogens is 232 g/mol. The van der Waals surface area contributed by atoms with Gasteiger partial charge in [0.1, 0.15) is 0 Å². The highest BCUT2D eigenvalue weighted by molar-refractivity contribution is 5.32. The largest absolute Gasteiger partial charge is 0.396 e. The van der Waals surface area contributed by atoms with Crippen molar-refractivity contribution in [3.63, 3.8) is 0 Å². The third-order valence-electron chi connectivity index (χ3n) is 3.81. The Morgan fingerprint density at radius 2 is 1.32 bits per heavy atom. The van der Waals surface area contributed by atoms with E-state index in [4.69, 9.17) is 0 Å². The van der Waals surface area contributed by atoms with Gasteiger partial charge in [0.25, 0.3) is 0 Å². The number of hydrogen-bond acceptors (Lipinski definition) is 1. The number of aliphatic hydroxyl groups excluding tert-OH is 1. The zero-order valence-electron chi connectivity index (χ0n) is 11.5. The van der Waals surface area contributed by atoms with Crippen LogP contribution in [0.25, 0.3) is 0 Å². The van der Waals surface area contributed by atoms with Gasteiger partial charge in [0.15, 0.2) is 0 Å². The van der Waals surface area contributed by atoms with Gasteiger partial charge in [-0.15, -0.1) is 0 Å². The van der Waals surface area contributed by atoms with Crippen molar-refractivity contribution in [2.45, 2.75) is 25.7 Å². The van der Waals surface area contributed by atoms with Gasteiger partial charge in [-0.2, -0.15) is 0 Å². The van der Waals surface area contributed by atoms with E-state index < -0.39 is 0 Å². The predicted molar refractivity (Wildman–Crippen MR) is 80.2 cm³/mol. The molecule has 2 aromatic carbocycles. The van der Waals surface area contributed by atoms with Crippen molar-refractivity contribution in [2.75, 3.05) is 6.61 Å². The Morgan fingerprint density at radius 1 is 0.842 bits per heavy atom. The Hall–Kier alpha value is -1.60. The normalized spacial score (nSPS) is 12.6. The van der Waals surface area contributed by atoms with Crippen molar-refractivity contribution >= 4 is 0 Å². The van der Waals surface area contributed by atoms with Gasteiger partial charge in [0, 0.05) is 12.5 Å². The monoisotopic (exact) mass is 254 g/mol. The molecule has 0 aliphatic carbocycles. The highest BCUT2D eigenvalue weighted by Crippen LogP contribution is 2.31. The number of aliphatic hydroxyl groups is 1. The second-order valence-corrected chi connectivity index (χ2v) is 5.07. The molecule has 0 saturated heterocycles. The number of rotatable bonds is 6. The van der Waals surface area contributed by atoms with Gasteiger partial charge in [-0.25, -0.2) is 0 Å². The highest BCUT2D eigenvalue weighted by atomic mass is 16.3. The van der Waals surface area contributed by atoms with Crippen LogP contribution < -0.4 is 0 Å². The summed E-state index contributed by atoms with van der Waals surface area (Å²) >= 11 is 0. The Kier molecular flexibility index (Phi) is 5.17. The molecule has 1 unspecified atom stereocenters. The predicted octanol–water partition coefficient (Wildman–Crippen LogP) is 4.23. The molecule has 0 spiro atoms. The lowest BCUT2D eigenvalue weighted by Crippen LogP contribution is -2.12. The first-order valence-electron chi connectivity index (χ1n) is 7.06. The van der Waals surface area contributed by atoms with Crippen molar-refractivity contribution in [2.24, 2.45) is 5.92 Å². The van der Waals surface area contributed by atoms with Crippen LogP contribution in [0.4, 0.5) is 0 Å². The average molecular weight is 254 g/mol. The van der Waals surface area contributed by atoms with Crippen molar-refractivity contribution in [1.29, 1.82) is 0 Å². The maximum atomic E-state index is 9.47. The lowest BCUT2D eigenvalue weighted by atomic mass is 9.83. The lowest BCUT2D eigenvalue weighted by Gasteiger charge is -2.22. The molecule has 1 N–H and O–H groups in total. The van der Waals surface area contributed by atoms with E-state index in [0.29, 0.717) is 11.8 Å². The van der Waals surface area contributed by atoms with Crippen LogP contribution in [-0.2, 0) is 0 Å². The maximum Gasteiger partial charge on any atom is 0.0459 e. The summed E-state index contributed by atoms with van der Waals surface area (Å²) in [7, 11) is 0. The van der Waals surface area contributed by atoms with Crippen molar-refractivity contribution in [1.82, 2.24) is 0 Å². The second kappa shape index (κ2) is 7.10. The Bertz CT molecular complexity index is 420. The molecule has 0 bridgehead atoms. The molecule has 0 aliphatic rings. The van der Waals surface area contributed by atoms with Crippen LogP contribution in [0.2, 0.25) is 0 Å². The van der Waals surface area contributed by atoms with E-state index in [1.165, 1.54) is 11.1 Å². The standard InChI is InChI=1S/C18H22O/c1-2-15(14-19)13-18(16-9-5-3-6-10-16)17-11-7-4-8-12-17/h3-12,15,18-19H,2,13-14H2,1H3. The summed E-state index contributed by atoms with van der Waals surface area (Å²) < 4.78 is 0. The summed E-state index contributed by atoms with van der Waals surface area (Å²) in [4.78, 5) is 0. The van der Waals surface area contributed by atoms with E-state index in [1.807, 2.05) is 0 Å². The quantitative estimate of drug-likeness (QED) is 0.818. The molecular formula is C18H22O. The van der Waals surface area contributed by atoms with Crippen LogP contribution in [-0.4, -0.2) is 11.7 Å². The third kappa shape index (κ3) is 3.68. The van der Waals surface area contributed by atoms with Gasteiger partial charge < -0.3 is 5.11 Å². The van der Waals surface area contributed by atoms with Crippen LogP contribution in [0.3, 0.4) is 0 Å². The third-order valence-corrected chi connectivity index (χ3v) is 3.81. The van der Waals surface area contributed by atoms with Crippen LogP contribution in [0.5, 0.6) is 0 Å². The summed E-state index contributed by atoms with van der Waals surface area (Å²) in [5.74, 6) is 0.741. The maximum absolute atomic E-state index is 9.47. The van der Waals surface area contributed by atoms with Crippen molar-refractivity contribution in [3.05, 3.63) is 71.8 Å². The molecule has 1 heteroatoms. The summed E-state index contributed by atoms with van der Waals surface area (Å²) in [6.07, 6.45) is 2.02. The first-order chi connectivity index (χ1) is 9.35. The molecule has 2 rings (SSSR count). The molecule has 0 fully saturated rings. The molecule has 100 valence electrons. The fraction of sp³-hybridized carbons (Fsp3) is 0.333. The zero-order valence-corrected chi connectivity index (χ0v) is 11.5. The van der Waals surface area contributed by atoms with Crippen LogP contribution in [0.15, 0.2) is 60.7 Å². The van der Waals surface area contributed by atoms with E-state index in [2.05, 4.69) is 67.6 Å². The minimum atomic E-state index is 0.271. The SMILES string of the molecule is CCC(CO)CC(c1ccccc1)c1ccccc1.